The monoisotopic (exact) mass is 125 g/mol. The first-order valence-electron chi connectivity index (χ1n) is 2.84. The molecule has 0 amide bonds. The van der Waals surface area contributed by atoms with Gasteiger partial charge < -0.3 is 5.11 Å². The zero-order valence-corrected chi connectivity index (χ0v) is 8.36. The molecule has 1 nitrogen and oxygen atoms in total. The third-order valence-electron chi connectivity index (χ3n) is 1.52. The van der Waals surface area contributed by atoms with Crippen LogP contribution < -0.4 is 0 Å². The summed E-state index contributed by atoms with van der Waals surface area (Å²) in [4.78, 5) is 0. The van der Waals surface area contributed by atoms with Crippen molar-refractivity contribution in [3.05, 3.63) is 0 Å². The van der Waals surface area contributed by atoms with E-state index < -0.39 is 5.60 Å². The quantitative estimate of drug-likeness (QED) is 0.549. The van der Waals surface area contributed by atoms with Gasteiger partial charge in [-0.25, -0.2) is 0 Å². The molecule has 0 fully saturated rings. The molecule has 45 valence electrons. The molecule has 1 radical (unpaired) electrons. The van der Waals surface area contributed by atoms with E-state index in [-0.39, 0.29) is 29.6 Å². The molecular formula is C6H14NaO. The minimum absolute atomic E-state index is 0. The van der Waals surface area contributed by atoms with Crippen LogP contribution >= 0.6 is 0 Å². The average Bonchev–Trinajstić information content (AvgIpc) is 1.68. The molecule has 0 saturated carbocycles. The van der Waals surface area contributed by atoms with Gasteiger partial charge >= 0.3 is 0 Å². The van der Waals surface area contributed by atoms with Gasteiger partial charge in [-0.05, 0) is 19.8 Å². The van der Waals surface area contributed by atoms with Crippen molar-refractivity contribution < 1.29 is 5.11 Å². The van der Waals surface area contributed by atoms with Crippen LogP contribution in [0.4, 0.5) is 0 Å². The summed E-state index contributed by atoms with van der Waals surface area (Å²) in [7, 11) is 0. The van der Waals surface area contributed by atoms with E-state index in [1.165, 1.54) is 0 Å². The van der Waals surface area contributed by atoms with Gasteiger partial charge in [0.05, 0.1) is 5.60 Å². The summed E-state index contributed by atoms with van der Waals surface area (Å²) in [5.41, 5.74) is -0.417. The van der Waals surface area contributed by atoms with E-state index in [0.717, 1.165) is 12.8 Å². The van der Waals surface area contributed by atoms with Gasteiger partial charge in [-0.3, -0.25) is 0 Å². The Kier molecular flexibility index (Phi) is 7.04. The van der Waals surface area contributed by atoms with Crippen LogP contribution in [0.3, 0.4) is 0 Å². The van der Waals surface area contributed by atoms with Crippen LogP contribution in [0.15, 0.2) is 0 Å². The Morgan fingerprint density at radius 3 is 1.50 bits per heavy atom. The first-order valence-corrected chi connectivity index (χ1v) is 2.84. The number of rotatable bonds is 2. The van der Waals surface area contributed by atoms with Crippen LogP contribution in [-0.2, 0) is 0 Å². The molecular weight excluding hydrogens is 111 g/mol. The topological polar surface area (TPSA) is 20.2 Å². The van der Waals surface area contributed by atoms with Crippen molar-refractivity contribution in [1.29, 1.82) is 0 Å². The molecule has 8 heavy (non-hydrogen) atoms. The molecule has 0 bridgehead atoms. The molecule has 0 aromatic rings. The standard InChI is InChI=1S/C6H14O.Na/c1-4-6(3,7)5-2;/h7H,4-5H2,1-3H3;. The third kappa shape index (κ3) is 5.10. The van der Waals surface area contributed by atoms with Crippen LogP contribution in [0.25, 0.3) is 0 Å². The average molecular weight is 125 g/mol. The normalized spacial score (nSPS) is 10.5. The SMILES string of the molecule is CCC(C)(O)CC.[Na]. The summed E-state index contributed by atoms with van der Waals surface area (Å²) < 4.78 is 0. The smallest absolute Gasteiger partial charge is 0.0614 e. The van der Waals surface area contributed by atoms with Gasteiger partial charge in [0.1, 0.15) is 0 Å². The molecule has 2 heteroatoms. The molecule has 0 rings (SSSR count). The Hall–Kier alpha value is 0.960. The summed E-state index contributed by atoms with van der Waals surface area (Å²) in [5, 5.41) is 9.13. The van der Waals surface area contributed by atoms with E-state index in [0.29, 0.717) is 0 Å². The van der Waals surface area contributed by atoms with Crippen molar-refractivity contribution in [2.45, 2.75) is 39.2 Å². The molecule has 0 aliphatic rings. The summed E-state index contributed by atoms with van der Waals surface area (Å²) in [5.74, 6) is 0. The van der Waals surface area contributed by atoms with E-state index in [2.05, 4.69) is 0 Å². The van der Waals surface area contributed by atoms with Crippen molar-refractivity contribution in [3.8, 4) is 0 Å². The minimum atomic E-state index is -0.417. The molecule has 0 aromatic carbocycles. The molecule has 0 atom stereocenters. The second-order valence-corrected chi connectivity index (χ2v) is 2.20. The van der Waals surface area contributed by atoms with Crippen LogP contribution in [-0.4, -0.2) is 40.3 Å². The number of aliphatic hydroxyl groups is 1. The maximum Gasteiger partial charge on any atom is 0.0614 e. The van der Waals surface area contributed by atoms with Gasteiger partial charge in [0.25, 0.3) is 0 Å². The molecule has 0 aliphatic carbocycles. The van der Waals surface area contributed by atoms with E-state index in [4.69, 9.17) is 5.11 Å². The Labute approximate surface area is 73.8 Å². The second-order valence-electron chi connectivity index (χ2n) is 2.20. The number of hydrogen-bond donors (Lipinski definition) is 1. The van der Waals surface area contributed by atoms with Crippen LogP contribution in [0.1, 0.15) is 33.6 Å². The first kappa shape index (κ1) is 11.7. The van der Waals surface area contributed by atoms with Gasteiger partial charge in [0.2, 0.25) is 0 Å². The van der Waals surface area contributed by atoms with Gasteiger partial charge in [-0.15, -0.1) is 0 Å². The molecule has 0 aromatic heterocycles. The maximum atomic E-state index is 9.13. The van der Waals surface area contributed by atoms with Crippen LogP contribution in [0.5, 0.6) is 0 Å². The predicted molar refractivity (Wildman–Crippen MR) is 37.0 cm³/mol. The first-order chi connectivity index (χ1) is 3.12. The van der Waals surface area contributed by atoms with Gasteiger partial charge in [0, 0.05) is 29.6 Å². The van der Waals surface area contributed by atoms with E-state index in [9.17, 15) is 0 Å². The third-order valence-corrected chi connectivity index (χ3v) is 1.52. The fraction of sp³-hybridized carbons (Fsp3) is 1.00. The van der Waals surface area contributed by atoms with Crippen molar-refractivity contribution in [3.63, 3.8) is 0 Å². The summed E-state index contributed by atoms with van der Waals surface area (Å²) >= 11 is 0. The van der Waals surface area contributed by atoms with E-state index in [1.54, 1.807) is 0 Å². The largest absolute Gasteiger partial charge is 0.390 e. The zero-order chi connectivity index (χ0) is 5.91. The Morgan fingerprint density at radius 2 is 1.50 bits per heavy atom. The summed E-state index contributed by atoms with van der Waals surface area (Å²) in [6.07, 6.45) is 1.70. The maximum absolute atomic E-state index is 9.13. The summed E-state index contributed by atoms with van der Waals surface area (Å²) in [6.45, 7) is 5.83. The fourth-order valence-corrected chi connectivity index (χ4v) is 0.250. The van der Waals surface area contributed by atoms with Crippen molar-refractivity contribution in [2.24, 2.45) is 0 Å². The van der Waals surface area contributed by atoms with Gasteiger partial charge in [0.15, 0.2) is 0 Å². The second kappa shape index (κ2) is 4.80. The molecule has 0 spiro atoms. The van der Waals surface area contributed by atoms with Crippen molar-refractivity contribution in [1.82, 2.24) is 0 Å². The van der Waals surface area contributed by atoms with Crippen molar-refractivity contribution >= 4 is 29.6 Å². The zero-order valence-electron chi connectivity index (χ0n) is 6.36. The molecule has 0 aliphatic heterocycles. The Morgan fingerprint density at radius 1 is 1.25 bits per heavy atom. The van der Waals surface area contributed by atoms with Gasteiger partial charge in [-0.2, -0.15) is 0 Å². The molecule has 0 heterocycles. The minimum Gasteiger partial charge on any atom is -0.390 e. The predicted octanol–water partition coefficient (Wildman–Crippen LogP) is 1.18. The van der Waals surface area contributed by atoms with Crippen molar-refractivity contribution in [2.75, 3.05) is 0 Å². The molecule has 1 N–H and O–H groups in total. The van der Waals surface area contributed by atoms with Crippen LogP contribution in [0, 0.1) is 0 Å². The fourth-order valence-electron chi connectivity index (χ4n) is 0.250. The number of hydrogen-bond acceptors (Lipinski definition) is 1. The summed E-state index contributed by atoms with van der Waals surface area (Å²) in [6, 6.07) is 0. The Balaban J connectivity index is 0. The molecule has 0 saturated heterocycles. The van der Waals surface area contributed by atoms with E-state index >= 15 is 0 Å². The van der Waals surface area contributed by atoms with Crippen LogP contribution in [0.2, 0.25) is 0 Å². The Bertz CT molecular complexity index is 46.5. The van der Waals surface area contributed by atoms with E-state index in [1.807, 2.05) is 20.8 Å². The molecule has 0 unspecified atom stereocenters. The van der Waals surface area contributed by atoms with Gasteiger partial charge in [-0.1, -0.05) is 13.8 Å².